The van der Waals surface area contributed by atoms with Gasteiger partial charge in [-0.05, 0) is 45.0 Å². The zero-order valence-electron chi connectivity index (χ0n) is 13.8. The van der Waals surface area contributed by atoms with Gasteiger partial charge in [0.15, 0.2) is 0 Å². The van der Waals surface area contributed by atoms with E-state index in [9.17, 15) is 14.7 Å². The molecule has 0 bridgehead atoms. The highest BCUT2D eigenvalue weighted by Crippen LogP contribution is 2.21. The van der Waals surface area contributed by atoms with Gasteiger partial charge in [-0.15, -0.1) is 0 Å². The molecular formula is C17H20N4O3. The van der Waals surface area contributed by atoms with Gasteiger partial charge in [-0.25, -0.2) is 4.79 Å². The molecule has 0 saturated carbocycles. The molecule has 1 aromatic carbocycles. The van der Waals surface area contributed by atoms with Crippen molar-refractivity contribution in [3.8, 4) is 5.75 Å². The number of hydrogen-bond donors (Lipinski definition) is 4. The molecule has 0 radical (unpaired) electrons. The summed E-state index contributed by atoms with van der Waals surface area (Å²) in [5.74, 6) is -0.361. The molecule has 1 aromatic heterocycles. The van der Waals surface area contributed by atoms with Gasteiger partial charge in [0.1, 0.15) is 11.4 Å². The Kier molecular flexibility index (Phi) is 5.03. The summed E-state index contributed by atoms with van der Waals surface area (Å²) in [6.07, 6.45) is 1.44. The van der Waals surface area contributed by atoms with Crippen LogP contribution in [0.25, 0.3) is 0 Å². The smallest absolute Gasteiger partial charge is 0.323 e. The molecule has 4 N–H and O–H groups in total. The Balaban J connectivity index is 2.05. The number of nitrogens with zero attached hydrogens (tertiary/aromatic N) is 1. The molecule has 2 rings (SSSR count). The highest BCUT2D eigenvalue weighted by molar-refractivity contribution is 6.01. The van der Waals surface area contributed by atoms with E-state index in [0.717, 1.165) is 0 Å². The van der Waals surface area contributed by atoms with Crippen LogP contribution in [0.2, 0.25) is 0 Å². The molecule has 1 heterocycles. The van der Waals surface area contributed by atoms with E-state index in [2.05, 4.69) is 20.9 Å². The number of phenolic OH excluding ortho intramolecular Hbond substituents is 1. The van der Waals surface area contributed by atoms with Gasteiger partial charge in [-0.3, -0.25) is 9.78 Å². The topological polar surface area (TPSA) is 103 Å². The molecular weight excluding hydrogens is 308 g/mol. The van der Waals surface area contributed by atoms with Gasteiger partial charge in [0.25, 0.3) is 5.91 Å². The van der Waals surface area contributed by atoms with Crippen LogP contribution in [0.3, 0.4) is 0 Å². The van der Waals surface area contributed by atoms with Crippen molar-refractivity contribution in [2.75, 3.05) is 10.6 Å². The number of urea groups is 1. The monoisotopic (exact) mass is 328 g/mol. The molecule has 0 aliphatic rings. The Hall–Kier alpha value is -3.09. The molecule has 2 aromatic rings. The van der Waals surface area contributed by atoms with Crippen LogP contribution in [0.4, 0.5) is 16.2 Å². The van der Waals surface area contributed by atoms with Crippen LogP contribution >= 0.6 is 0 Å². The highest BCUT2D eigenvalue weighted by atomic mass is 16.3. The highest BCUT2D eigenvalue weighted by Gasteiger charge is 2.16. The minimum atomic E-state index is -0.537. The predicted octanol–water partition coefficient (Wildman–Crippen LogP) is 2.96. The number of anilines is 2. The van der Waals surface area contributed by atoms with Crippen LogP contribution in [-0.2, 0) is 0 Å². The number of amides is 3. The molecule has 0 spiro atoms. The van der Waals surface area contributed by atoms with E-state index in [-0.39, 0.29) is 28.6 Å². The first-order valence-electron chi connectivity index (χ1n) is 7.39. The lowest BCUT2D eigenvalue weighted by molar-refractivity contribution is 0.0914. The minimum absolute atomic E-state index is 0.0346. The molecule has 7 heteroatoms. The summed E-state index contributed by atoms with van der Waals surface area (Å²) in [6, 6.07) is 8.90. The number of para-hydroxylation sites is 2. The Labute approximate surface area is 140 Å². The van der Waals surface area contributed by atoms with Gasteiger partial charge in [-0.2, -0.15) is 0 Å². The molecule has 7 nitrogen and oxygen atoms in total. The number of rotatable bonds is 3. The second-order valence-corrected chi connectivity index (χ2v) is 6.23. The van der Waals surface area contributed by atoms with Crippen molar-refractivity contribution < 1.29 is 14.7 Å². The molecule has 3 amide bonds. The van der Waals surface area contributed by atoms with E-state index >= 15 is 0 Å². The number of hydrogen-bond acceptors (Lipinski definition) is 4. The third kappa shape index (κ3) is 4.98. The van der Waals surface area contributed by atoms with E-state index in [1.54, 1.807) is 24.3 Å². The maximum atomic E-state index is 12.1. The van der Waals surface area contributed by atoms with Gasteiger partial charge in [0, 0.05) is 17.4 Å². The van der Waals surface area contributed by atoms with Gasteiger partial charge < -0.3 is 21.1 Å². The number of carbonyl (C=O) groups is 2. The number of pyridine rings is 1. The van der Waals surface area contributed by atoms with E-state index in [1.807, 2.05) is 20.8 Å². The summed E-state index contributed by atoms with van der Waals surface area (Å²) in [7, 11) is 0. The molecule has 0 unspecified atom stereocenters. The van der Waals surface area contributed by atoms with Gasteiger partial charge in [0.05, 0.1) is 5.69 Å². The normalized spacial score (nSPS) is 10.8. The first-order valence-corrected chi connectivity index (χ1v) is 7.39. The first-order chi connectivity index (χ1) is 11.2. The molecule has 126 valence electrons. The largest absolute Gasteiger partial charge is 0.506 e. The number of benzene rings is 1. The van der Waals surface area contributed by atoms with Crippen LogP contribution in [0, 0.1) is 0 Å². The van der Waals surface area contributed by atoms with Crippen LogP contribution in [0.1, 0.15) is 31.3 Å². The molecule has 0 aliphatic carbocycles. The lowest BCUT2D eigenvalue weighted by Gasteiger charge is -2.20. The number of aromatic nitrogens is 1. The van der Waals surface area contributed by atoms with Crippen LogP contribution in [0.5, 0.6) is 5.75 Å². The third-order valence-corrected chi connectivity index (χ3v) is 2.89. The number of aromatic hydroxyl groups is 1. The number of carbonyl (C=O) groups excluding carboxylic acids is 2. The molecule has 24 heavy (non-hydrogen) atoms. The van der Waals surface area contributed by atoms with Crippen molar-refractivity contribution in [1.29, 1.82) is 0 Å². The van der Waals surface area contributed by atoms with Crippen LogP contribution in [0.15, 0.2) is 42.6 Å². The van der Waals surface area contributed by atoms with Crippen LogP contribution in [-0.4, -0.2) is 27.6 Å². The van der Waals surface area contributed by atoms with E-state index < -0.39 is 6.03 Å². The zero-order chi connectivity index (χ0) is 17.7. The maximum Gasteiger partial charge on any atom is 0.323 e. The second kappa shape index (κ2) is 6.99. The third-order valence-electron chi connectivity index (χ3n) is 2.89. The van der Waals surface area contributed by atoms with Crippen molar-refractivity contribution >= 4 is 23.3 Å². The average Bonchev–Trinajstić information content (AvgIpc) is 2.48. The van der Waals surface area contributed by atoms with Crippen molar-refractivity contribution in [1.82, 2.24) is 10.3 Å². The summed E-state index contributed by atoms with van der Waals surface area (Å²) >= 11 is 0. The van der Waals surface area contributed by atoms with Gasteiger partial charge in [-0.1, -0.05) is 12.1 Å². The van der Waals surface area contributed by atoms with E-state index in [0.29, 0.717) is 5.69 Å². The number of phenols is 1. The Morgan fingerprint density at radius 3 is 2.46 bits per heavy atom. The Morgan fingerprint density at radius 2 is 1.79 bits per heavy atom. The fourth-order valence-electron chi connectivity index (χ4n) is 1.90. The maximum absolute atomic E-state index is 12.1. The lowest BCUT2D eigenvalue weighted by Crippen LogP contribution is -2.40. The molecule has 0 saturated heterocycles. The van der Waals surface area contributed by atoms with Crippen LogP contribution < -0.4 is 16.0 Å². The Bertz CT molecular complexity index is 753. The fourth-order valence-corrected chi connectivity index (χ4v) is 1.90. The summed E-state index contributed by atoms with van der Waals surface area (Å²) in [5, 5.41) is 17.6. The molecule has 0 fully saturated rings. The van der Waals surface area contributed by atoms with Gasteiger partial charge >= 0.3 is 6.03 Å². The van der Waals surface area contributed by atoms with E-state index in [4.69, 9.17) is 0 Å². The quantitative estimate of drug-likeness (QED) is 0.650. The first kappa shape index (κ1) is 17.3. The second-order valence-electron chi connectivity index (χ2n) is 6.23. The van der Waals surface area contributed by atoms with Crippen molar-refractivity contribution in [2.45, 2.75) is 26.3 Å². The van der Waals surface area contributed by atoms with Gasteiger partial charge in [0.2, 0.25) is 0 Å². The van der Waals surface area contributed by atoms with Crippen molar-refractivity contribution in [3.63, 3.8) is 0 Å². The summed E-state index contributed by atoms with van der Waals surface area (Å²) in [4.78, 5) is 28.1. The van der Waals surface area contributed by atoms with E-state index in [1.165, 1.54) is 18.3 Å². The standard InChI is InChI=1S/C17H20N4O3/c1-17(2,3)21-15(23)13-10-11(8-9-18-13)19-16(24)20-12-6-4-5-7-14(12)22/h4-10,22H,1-3H3,(H,21,23)(H2,18,19,20,24). The number of nitrogens with one attached hydrogen (secondary N) is 3. The molecule has 0 atom stereocenters. The van der Waals surface area contributed by atoms with Crippen molar-refractivity contribution in [3.05, 3.63) is 48.3 Å². The minimum Gasteiger partial charge on any atom is -0.506 e. The van der Waals surface area contributed by atoms with Crippen molar-refractivity contribution in [2.24, 2.45) is 0 Å². The average molecular weight is 328 g/mol. The zero-order valence-corrected chi connectivity index (χ0v) is 13.8. The predicted molar refractivity (Wildman–Crippen MR) is 92.2 cm³/mol. The SMILES string of the molecule is CC(C)(C)NC(=O)c1cc(NC(=O)Nc2ccccc2O)ccn1. The summed E-state index contributed by atoms with van der Waals surface area (Å²) in [6.45, 7) is 5.60. The lowest BCUT2D eigenvalue weighted by atomic mass is 10.1. The summed E-state index contributed by atoms with van der Waals surface area (Å²) in [5.41, 5.74) is 0.516. The summed E-state index contributed by atoms with van der Waals surface area (Å²) < 4.78 is 0. The fraction of sp³-hybridized carbons (Fsp3) is 0.235. The molecule has 0 aliphatic heterocycles. The Morgan fingerprint density at radius 1 is 1.08 bits per heavy atom.